The van der Waals surface area contributed by atoms with Gasteiger partial charge in [0.05, 0.1) is 18.4 Å². The van der Waals surface area contributed by atoms with Gasteiger partial charge in [0.25, 0.3) is 0 Å². The van der Waals surface area contributed by atoms with Crippen LogP contribution in [0.3, 0.4) is 0 Å². The zero-order valence-corrected chi connectivity index (χ0v) is 12.6. The highest BCUT2D eigenvalue weighted by molar-refractivity contribution is 5.85. The van der Waals surface area contributed by atoms with Crippen LogP contribution < -0.4 is 10.6 Å². The predicted octanol–water partition coefficient (Wildman–Crippen LogP) is 3.77. The van der Waals surface area contributed by atoms with Crippen molar-refractivity contribution in [2.45, 2.75) is 32.9 Å². The summed E-state index contributed by atoms with van der Waals surface area (Å²) < 4.78 is 23.9. The SMILES string of the molecule is CC(C)(C)OC(=O)Nc1cc(NCc2cnco2)ccc1F. The Labute approximate surface area is 127 Å². The van der Waals surface area contributed by atoms with Gasteiger partial charge in [-0.2, -0.15) is 0 Å². The number of aromatic nitrogens is 1. The molecule has 6 nitrogen and oxygen atoms in total. The minimum absolute atomic E-state index is 0.0387. The molecule has 2 rings (SSSR count). The molecule has 0 aliphatic rings. The van der Waals surface area contributed by atoms with Crippen LogP contribution in [-0.4, -0.2) is 16.7 Å². The van der Waals surface area contributed by atoms with E-state index in [1.807, 2.05) is 0 Å². The van der Waals surface area contributed by atoms with Crippen molar-refractivity contribution in [3.8, 4) is 0 Å². The molecular formula is C15H18FN3O3. The summed E-state index contributed by atoms with van der Waals surface area (Å²) in [6.07, 6.45) is 2.20. The molecule has 0 saturated carbocycles. The van der Waals surface area contributed by atoms with Crippen LogP contribution in [0.2, 0.25) is 0 Å². The van der Waals surface area contributed by atoms with Crippen molar-refractivity contribution in [2.75, 3.05) is 10.6 Å². The quantitative estimate of drug-likeness (QED) is 0.899. The normalized spacial score (nSPS) is 11.1. The topological polar surface area (TPSA) is 76.4 Å². The predicted molar refractivity (Wildman–Crippen MR) is 80.1 cm³/mol. The molecule has 1 heterocycles. The molecule has 0 spiro atoms. The molecule has 2 aromatic rings. The first kappa shape index (κ1) is 15.8. The van der Waals surface area contributed by atoms with E-state index < -0.39 is 17.5 Å². The smallest absolute Gasteiger partial charge is 0.412 e. The minimum Gasteiger partial charge on any atom is -0.447 e. The number of carbonyl (C=O) groups excluding carboxylic acids is 1. The highest BCUT2D eigenvalue weighted by Crippen LogP contribution is 2.21. The molecule has 0 saturated heterocycles. The highest BCUT2D eigenvalue weighted by Gasteiger charge is 2.17. The van der Waals surface area contributed by atoms with Crippen LogP contribution >= 0.6 is 0 Å². The largest absolute Gasteiger partial charge is 0.447 e. The molecule has 1 aromatic heterocycles. The molecule has 118 valence electrons. The molecule has 1 amide bonds. The van der Waals surface area contributed by atoms with Crippen molar-refractivity contribution in [3.05, 3.63) is 42.4 Å². The van der Waals surface area contributed by atoms with Crippen LogP contribution in [0, 0.1) is 5.82 Å². The molecule has 0 aliphatic carbocycles. The van der Waals surface area contributed by atoms with E-state index >= 15 is 0 Å². The van der Waals surface area contributed by atoms with E-state index in [1.165, 1.54) is 18.5 Å². The van der Waals surface area contributed by atoms with Crippen LogP contribution in [0.1, 0.15) is 26.5 Å². The van der Waals surface area contributed by atoms with Crippen LogP contribution in [0.15, 0.2) is 35.2 Å². The lowest BCUT2D eigenvalue weighted by atomic mass is 10.2. The highest BCUT2D eigenvalue weighted by atomic mass is 19.1. The van der Waals surface area contributed by atoms with Gasteiger partial charge in [-0.3, -0.25) is 5.32 Å². The fourth-order valence-electron chi connectivity index (χ4n) is 1.66. The summed E-state index contributed by atoms with van der Waals surface area (Å²) in [4.78, 5) is 15.5. The molecule has 0 radical (unpaired) electrons. The van der Waals surface area contributed by atoms with Crippen molar-refractivity contribution in [3.63, 3.8) is 0 Å². The second-order valence-electron chi connectivity index (χ2n) is 5.64. The van der Waals surface area contributed by atoms with E-state index in [9.17, 15) is 9.18 Å². The Morgan fingerprint density at radius 2 is 2.18 bits per heavy atom. The Morgan fingerprint density at radius 1 is 1.41 bits per heavy atom. The summed E-state index contributed by atoms with van der Waals surface area (Å²) in [5.41, 5.74) is 0.0172. The van der Waals surface area contributed by atoms with Crippen molar-refractivity contribution in [2.24, 2.45) is 0 Å². The molecule has 0 fully saturated rings. The lowest BCUT2D eigenvalue weighted by molar-refractivity contribution is 0.0635. The summed E-state index contributed by atoms with van der Waals surface area (Å²) >= 11 is 0. The molecule has 7 heteroatoms. The van der Waals surface area contributed by atoms with Crippen molar-refractivity contribution < 1.29 is 18.3 Å². The van der Waals surface area contributed by atoms with Gasteiger partial charge >= 0.3 is 6.09 Å². The number of oxazole rings is 1. The number of amides is 1. The third-order valence-corrected chi connectivity index (χ3v) is 2.55. The number of anilines is 2. The Hall–Kier alpha value is -2.57. The second-order valence-corrected chi connectivity index (χ2v) is 5.64. The molecule has 0 aliphatic heterocycles. The molecule has 22 heavy (non-hydrogen) atoms. The average molecular weight is 307 g/mol. The van der Waals surface area contributed by atoms with Gasteiger partial charge in [-0.25, -0.2) is 14.2 Å². The summed E-state index contributed by atoms with van der Waals surface area (Å²) in [5, 5.41) is 5.43. The monoisotopic (exact) mass is 307 g/mol. The van der Waals surface area contributed by atoms with E-state index in [4.69, 9.17) is 9.15 Å². The number of ether oxygens (including phenoxy) is 1. The van der Waals surface area contributed by atoms with Gasteiger partial charge in [0.1, 0.15) is 17.2 Å². The van der Waals surface area contributed by atoms with Crippen LogP contribution in [-0.2, 0) is 11.3 Å². The van der Waals surface area contributed by atoms with E-state index in [2.05, 4.69) is 15.6 Å². The fraction of sp³-hybridized carbons (Fsp3) is 0.333. The van der Waals surface area contributed by atoms with Gasteiger partial charge in [-0.1, -0.05) is 0 Å². The molecule has 0 bridgehead atoms. The third-order valence-electron chi connectivity index (χ3n) is 2.55. The molecule has 0 atom stereocenters. The van der Waals surface area contributed by atoms with E-state index in [1.54, 1.807) is 33.0 Å². The van der Waals surface area contributed by atoms with Crippen molar-refractivity contribution in [1.82, 2.24) is 4.98 Å². The summed E-state index contributed by atoms with van der Waals surface area (Å²) in [5.74, 6) is 0.0991. The number of rotatable bonds is 4. The minimum atomic E-state index is -0.709. The van der Waals surface area contributed by atoms with Crippen LogP contribution in [0.4, 0.5) is 20.6 Å². The van der Waals surface area contributed by atoms with Crippen molar-refractivity contribution >= 4 is 17.5 Å². The molecule has 2 N–H and O–H groups in total. The second kappa shape index (κ2) is 6.46. The zero-order chi connectivity index (χ0) is 16.2. The number of hydrogen-bond donors (Lipinski definition) is 2. The molecule has 1 aromatic carbocycles. The first-order chi connectivity index (χ1) is 10.3. The van der Waals surface area contributed by atoms with Gasteiger partial charge in [-0.05, 0) is 39.0 Å². The maximum atomic E-state index is 13.7. The van der Waals surface area contributed by atoms with Crippen LogP contribution in [0.5, 0.6) is 0 Å². The van der Waals surface area contributed by atoms with Crippen LogP contribution in [0.25, 0.3) is 0 Å². The number of benzene rings is 1. The van der Waals surface area contributed by atoms with E-state index in [-0.39, 0.29) is 5.69 Å². The van der Waals surface area contributed by atoms with Gasteiger partial charge in [0, 0.05) is 5.69 Å². The fourth-order valence-corrected chi connectivity index (χ4v) is 1.66. The lowest BCUT2D eigenvalue weighted by Crippen LogP contribution is -2.27. The van der Waals surface area contributed by atoms with Gasteiger partial charge in [-0.15, -0.1) is 0 Å². The average Bonchev–Trinajstić information content (AvgIpc) is 2.90. The Morgan fingerprint density at radius 3 is 2.82 bits per heavy atom. The number of carbonyl (C=O) groups is 1. The standard InChI is InChI=1S/C15H18FN3O3/c1-15(2,3)22-14(20)19-13-6-10(4-5-12(13)16)18-8-11-7-17-9-21-11/h4-7,9,18H,8H2,1-3H3,(H,19,20). The summed E-state index contributed by atoms with van der Waals surface area (Å²) in [6, 6.07) is 4.30. The molecule has 0 unspecified atom stereocenters. The number of nitrogens with one attached hydrogen (secondary N) is 2. The Kier molecular flexibility index (Phi) is 4.65. The van der Waals surface area contributed by atoms with Gasteiger partial charge in [0.2, 0.25) is 0 Å². The maximum absolute atomic E-state index is 13.7. The summed E-state index contributed by atoms with van der Waals surface area (Å²) in [6.45, 7) is 5.60. The first-order valence-electron chi connectivity index (χ1n) is 6.74. The lowest BCUT2D eigenvalue weighted by Gasteiger charge is -2.20. The Balaban J connectivity index is 2.01. The third kappa shape index (κ3) is 4.76. The molecular weight excluding hydrogens is 289 g/mol. The zero-order valence-electron chi connectivity index (χ0n) is 12.6. The van der Waals surface area contributed by atoms with Crippen molar-refractivity contribution in [1.29, 1.82) is 0 Å². The van der Waals surface area contributed by atoms with Gasteiger partial charge < -0.3 is 14.5 Å². The summed E-state index contributed by atoms with van der Waals surface area (Å²) in [7, 11) is 0. The first-order valence-corrected chi connectivity index (χ1v) is 6.74. The number of halogens is 1. The van der Waals surface area contributed by atoms with Gasteiger partial charge in [0.15, 0.2) is 6.39 Å². The van der Waals surface area contributed by atoms with E-state index in [0.29, 0.717) is 18.0 Å². The maximum Gasteiger partial charge on any atom is 0.412 e. The number of hydrogen-bond acceptors (Lipinski definition) is 5. The Bertz CT molecular complexity index is 636. The van der Waals surface area contributed by atoms with E-state index in [0.717, 1.165) is 0 Å². The number of nitrogens with zero attached hydrogens (tertiary/aromatic N) is 1.